The van der Waals surface area contributed by atoms with Gasteiger partial charge in [0.2, 0.25) is 0 Å². The number of hydrogen-bond donors (Lipinski definition) is 0. The minimum atomic E-state index is -1.51. The second kappa shape index (κ2) is 16.4. The van der Waals surface area contributed by atoms with Crippen molar-refractivity contribution in [1.29, 1.82) is 0 Å². The second-order valence-electron chi connectivity index (χ2n) is 22.3. The lowest BCUT2D eigenvalue weighted by molar-refractivity contribution is 0.592. The van der Waals surface area contributed by atoms with Gasteiger partial charge in [-0.25, -0.2) is 0 Å². The monoisotopic (exact) mass is 930 g/mol. The van der Waals surface area contributed by atoms with Crippen LogP contribution in [-0.4, -0.2) is 16.1 Å². The predicted octanol–water partition coefficient (Wildman–Crippen LogP) is 17.3. The molecular formula is C64H62N2OSi2. The standard InChI is InChI=1S/C64H62N2OSi2/c1-63(2)55-41-47(65(45-29-35-49(36-30-45)68(5,6)7)57-27-19-17-25-51(57)43-21-13-11-14-22-43)33-39-53(55)61-59(63)60-62(67-61)54-40-34-48(42-56(54)64(60,3)4)66(46-31-37-50(38-32-46)69(8,9)10)58-28-20-18-26-52(58)44-23-15-12-16-24-44/h11-42H,1-10H3. The van der Waals surface area contributed by atoms with Crippen LogP contribution in [-0.2, 0) is 10.8 Å². The Bertz CT molecular complexity index is 3160. The first-order valence-electron chi connectivity index (χ1n) is 24.6. The van der Waals surface area contributed by atoms with E-state index in [2.05, 4.69) is 271 Å². The van der Waals surface area contributed by atoms with E-state index in [1.54, 1.807) is 0 Å². The summed E-state index contributed by atoms with van der Waals surface area (Å²) in [4.78, 5) is 4.91. The average Bonchev–Trinajstić information content (AvgIpc) is 3.93. The van der Waals surface area contributed by atoms with Crippen molar-refractivity contribution in [2.24, 2.45) is 0 Å². The van der Waals surface area contributed by atoms with Crippen LogP contribution in [0.5, 0.6) is 0 Å². The zero-order valence-electron chi connectivity index (χ0n) is 41.8. The molecule has 9 aromatic rings. The van der Waals surface area contributed by atoms with E-state index in [0.717, 1.165) is 45.6 Å². The molecule has 0 radical (unpaired) electrons. The summed E-state index contributed by atoms with van der Waals surface area (Å²) >= 11 is 0. The Balaban J connectivity index is 1.02. The van der Waals surface area contributed by atoms with Gasteiger partial charge >= 0.3 is 0 Å². The second-order valence-corrected chi connectivity index (χ2v) is 32.4. The van der Waals surface area contributed by atoms with Gasteiger partial charge in [-0.2, -0.15) is 0 Å². The van der Waals surface area contributed by atoms with Gasteiger partial charge in [-0.05, 0) is 95.1 Å². The first kappa shape index (κ1) is 44.6. The first-order valence-corrected chi connectivity index (χ1v) is 31.6. The summed E-state index contributed by atoms with van der Waals surface area (Å²) in [5.74, 6) is 2.01. The highest BCUT2D eigenvalue weighted by Gasteiger charge is 2.50. The molecule has 0 aliphatic heterocycles. The Morgan fingerprint density at radius 2 is 0.681 bits per heavy atom. The topological polar surface area (TPSA) is 19.6 Å². The SMILES string of the molecule is CC1(C)c2cc(N(c3ccc([Si](C)(C)C)cc3)c3ccccc3-c3ccccc3)ccc2-c2oc3c(c21)C(C)(C)c1cc(N(c2ccc([Si](C)(C)C)cc2)c2ccccc2-c2ccccc2)ccc1-3. The molecule has 0 saturated heterocycles. The molecule has 0 atom stereocenters. The van der Waals surface area contributed by atoms with E-state index in [1.807, 2.05) is 0 Å². The highest BCUT2D eigenvalue weighted by atomic mass is 28.3. The quantitative estimate of drug-likeness (QED) is 0.127. The lowest BCUT2D eigenvalue weighted by Crippen LogP contribution is -2.37. The van der Waals surface area contributed by atoms with Crippen molar-refractivity contribution in [3.63, 3.8) is 0 Å². The Morgan fingerprint density at radius 3 is 1.04 bits per heavy atom. The molecule has 0 N–H and O–H groups in total. The molecule has 0 unspecified atom stereocenters. The molecule has 2 aliphatic carbocycles. The fraction of sp³-hybridized carbons (Fsp3) is 0.188. The van der Waals surface area contributed by atoms with Gasteiger partial charge in [-0.1, -0.05) is 199 Å². The number of nitrogens with zero attached hydrogens (tertiary/aromatic N) is 2. The van der Waals surface area contributed by atoms with Gasteiger partial charge in [-0.3, -0.25) is 0 Å². The van der Waals surface area contributed by atoms with Crippen molar-refractivity contribution in [1.82, 2.24) is 0 Å². The fourth-order valence-electron chi connectivity index (χ4n) is 11.2. The predicted molar refractivity (Wildman–Crippen MR) is 300 cm³/mol. The highest BCUT2D eigenvalue weighted by Crippen LogP contribution is 2.62. The molecule has 69 heavy (non-hydrogen) atoms. The van der Waals surface area contributed by atoms with Crippen LogP contribution < -0.4 is 20.2 Å². The van der Waals surface area contributed by atoms with Gasteiger partial charge in [0, 0.05) is 67.0 Å². The zero-order valence-corrected chi connectivity index (χ0v) is 43.8. The van der Waals surface area contributed by atoms with Crippen molar-refractivity contribution < 1.29 is 4.42 Å². The number of fused-ring (bicyclic) bond motifs is 7. The van der Waals surface area contributed by atoms with E-state index in [0.29, 0.717) is 0 Å². The normalized spacial score (nSPS) is 14.2. The molecule has 8 aromatic carbocycles. The maximum atomic E-state index is 7.26. The molecule has 0 saturated carbocycles. The summed E-state index contributed by atoms with van der Waals surface area (Å²) < 4.78 is 7.26. The molecule has 0 fully saturated rings. The van der Waals surface area contributed by atoms with Crippen LogP contribution in [0.15, 0.2) is 199 Å². The maximum absolute atomic E-state index is 7.26. The molecule has 2 aliphatic rings. The summed E-state index contributed by atoms with van der Waals surface area (Å²) in [6.45, 7) is 24.1. The summed E-state index contributed by atoms with van der Waals surface area (Å²) in [6.07, 6.45) is 0. The molecule has 5 heteroatoms. The van der Waals surface area contributed by atoms with Crippen molar-refractivity contribution >= 4 is 60.6 Å². The number of hydrogen-bond acceptors (Lipinski definition) is 3. The molecule has 0 spiro atoms. The number of benzene rings is 8. The van der Waals surface area contributed by atoms with E-state index in [9.17, 15) is 0 Å². The van der Waals surface area contributed by atoms with Crippen LogP contribution in [0.1, 0.15) is 49.9 Å². The van der Waals surface area contributed by atoms with Crippen molar-refractivity contribution in [2.75, 3.05) is 9.80 Å². The lowest BCUT2D eigenvalue weighted by atomic mass is 9.74. The summed E-state index contributed by atoms with van der Waals surface area (Å²) in [6, 6.07) is 72.0. The van der Waals surface area contributed by atoms with E-state index < -0.39 is 16.1 Å². The molecular weight excluding hydrogens is 869 g/mol. The Hall–Kier alpha value is -6.93. The van der Waals surface area contributed by atoms with Gasteiger partial charge in [0.15, 0.2) is 0 Å². The number of anilines is 6. The first-order chi connectivity index (χ1) is 33.0. The van der Waals surface area contributed by atoms with E-state index in [4.69, 9.17) is 4.42 Å². The number of para-hydroxylation sites is 2. The molecule has 0 amide bonds. The molecule has 11 rings (SSSR count). The third kappa shape index (κ3) is 7.46. The van der Waals surface area contributed by atoms with Crippen molar-refractivity contribution in [3.8, 4) is 44.9 Å². The maximum Gasteiger partial charge on any atom is 0.139 e. The van der Waals surface area contributed by atoms with Crippen molar-refractivity contribution in [3.05, 3.63) is 216 Å². The van der Waals surface area contributed by atoms with E-state index in [1.165, 1.54) is 66.0 Å². The van der Waals surface area contributed by atoms with E-state index >= 15 is 0 Å². The van der Waals surface area contributed by atoms with Crippen LogP contribution in [0, 0.1) is 0 Å². The van der Waals surface area contributed by atoms with Gasteiger partial charge < -0.3 is 14.2 Å². The fourth-order valence-corrected chi connectivity index (χ4v) is 13.5. The molecule has 3 nitrogen and oxygen atoms in total. The summed E-state index contributed by atoms with van der Waals surface area (Å²) in [5, 5.41) is 2.90. The van der Waals surface area contributed by atoms with Gasteiger partial charge in [-0.15, -0.1) is 0 Å². The molecule has 1 aromatic heterocycles. The Kier molecular flexibility index (Phi) is 10.6. The Morgan fingerprint density at radius 1 is 0.348 bits per heavy atom. The molecule has 342 valence electrons. The van der Waals surface area contributed by atoms with Gasteiger partial charge in [0.1, 0.15) is 11.5 Å². The largest absolute Gasteiger partial charge is 0.455 e. The average molecular weight is 931 g/mol. The smallest absolute Gasteiger partial charge is 0.139 e. The zero-order chi connectivity index (χ0) is 48.0. The number of furan rings is 1. The lowest BCUT2D eigenvalue weighted by Gasteiger charge is -2.31. The van der Waals surface area contributed by atoms with Crippen molar-refractivity contribution in [2.45, 2.75) is 77.8 Å². The molecule has 1 heterocycles. The third-order valence-corrected chi connectivity index (χ3v) is 19.1. The van der Waals surface area contributed by atoms with Gasteiger partial charge in [0.25, 0.3) is 0 Å². The minimum absolute atomic E-state index is 0.328. The van der Waals surface area contributed by atoms with Crippen LogP contribution in [0.3, 0.4) is 0 Å². The third-order valence-electron chi connectivity index (χ3n) is 15.0. The number of rotatable bonds is 10. The summed E-state index contributed by atoms with van der Waals surface area (Å²) in [7, 11) is -3.02. The van der Waals surface area contributed by atoms with Gasteiger partial charge in [0.05, 0.1) is 27.5 Å². The minimum Gasteiger partial charge on any atom is -0.455 e. The van der Waals surface area contributed by atoms with E-state index in [-0.39, 0.29) is 10.8 Å². The van der Waals surface area contributed by atoms with Crippen LogP contribution >= 0.6 is 0 Å². The van der Waals surface area contributed by atoms with Crippen LogP contribution in [0.25, 0.3) is 44.9 Å². The van der Waals surface area contributed by atoms with Crippen LogP contribution in [0.4, 0.5) is 34.1 Å². The molecule has 0 bridgehead atoms. The highest BCUT2D eigenvalue weighted by molar-refractivity contribution is 6.89. The van der Waals surface area contributed by atoms with Crippen LogP contribution in [0.2, 0.25) is 39.3 Å². The Labute approximate surface area is 411 Å². The summed E-state index contributed by atoms with van der Waals surface area (Å²) in [5.41, 5.74) is 18.5.